The van der Waals surface area contributed by atoms with E-state index in [0.717, 1.165) is 96.3 Å². The Morgan fingerprint density at radius 2 is 0.476 bits per heavy atom. The van der Waals surface area contributed by atoms with Gasteiger partial charge in [0.2, 0.25) is 0 Å². The summed E-state index contributed by atoms with van der Waals surface area (Å²) in [4.78, 5) is 38.5. The lowest BCUT2D eigenvalue weighted by Crippen LogP contribution is -2.30. The van der Waals surface area contributed by atoms with Crippen LogP contribution >= 0.6 is 0 Å². The van der Waals surface area contributed by atoms with Crippen LogP contribution in [-0.2, 0) is 28.6 Å². The fourth-order valence-corrected chi connectivity index (χ4v) is 10.6. The average molecular weight is 1150 g/mol. The van der Waals surface area contributed by atoms with Crippen LogP contribution in [0.5, 0.6) is 0 Å². The summed E-state index contributed by atoms with van der Waals surface area (Å²) in [7, 11) is 0. The molecule has 0 spiro atoms. The van der Waals surface area contributed by atoms with Gasteiger partial charge in [-0.25, -0.2) is 0 Å². The van der Waals surface area contributed by atoms with Gasteiger partial charge >= 0.3 is 17.9 Å². The highest BCUT2D eigenvalue weighted by Gasteiger charge is 2.19. The van der Waals surface area contributed by atoms with Crippen LogP contribution in [-0.4, -0.2) is 37.2 Å². The fourth-order valence-electron chi connectivity index (χ4n) is 10.6. The van der Waals surface area contributed by atoms with Gasteiger partial charge in [0.05, 0.1) is 0 Å². The molecule has 0 aliphatic heterocycles. The van der Waals surface area contributed by atoms with Gasteiger partial charge in [-0.3, -0.25) is 14.4 Å². The summed E-state index contributed by atoms with van der Waals surface area (Å²) in [5, 5.41) is 0. The number of ether oxygens (including phenoxy) is 3. The van der Waals surface area contributed by atoms with Crippen LogP contribution in [0.4, 0.5) is 0 Å². The summed E-state index contributed by atoms with van der Waals surface area (Å²) in [6.45, 7) is 6.56. The van der Waals surface area contributed by atoms with Gasteiger partial charge in [0.25, 0.3) is 0 Å². The minimum absolute atomic E-state index is 0.0727. The number of carbonyl (C=O) groups excluding carboxylic acids is 3. The molecule has 0 aliphatic carbocycles. The van der Waals surface area contributed by atoms with Crippen molar-refractivity contribution in [2.24, 2.45) is 0 Å². The second-order valence-electron chi connectivity index (χ2n) is 24.1. The van der Waals surface area contributed by atoms with E-state index in [-0.39, 0.29) is 31.1 Å². The normalized spacial score (nSPS) is 12.5. The van der Waals surface area contributed by atoms with E-state index in [1.165, 1.54) is 238 Å². The first kappa shape index (κ1) is 78.8. The fraction of sp³-hybridized carbons (Fsp3) is 0.803. The van der Waals surface area contributed by atoms with E-state index in [4.69, 9.17) is 14.2 Å². The second-order valence-corrected chi connectivity index (χ2v) is 24.1. The van der Waals surface area contributed by atoms with E-state index in [0.29, 0.717) is 19.3 Å². The monoisotopic (exact) mass is 1150 g/mol. The number of hydrogen-bond donors (Lipinski definition) is 0. The molecule has 82 heavy (non-hydrogen) atoms. The van der Waals surface area contributed by atoms with Crippen LogP contribution < -0.4 is 0 Å². The minimum atomic E-state index is -0.777. The van der Waals surface area contributed by atoms with Crippen molar-refractivity contribution in [1.29, 1.82) is 0 Å². The molecule has 0 radical (unpaired) electrons. The highest BCUT2D eigenvalue weighted by Crippen LogP contribution is 2.18. The second kappa shape index (κ2) is 70.3. The molecule has 0 rings (SSSR count). The van der Waals surface area contributed by atoms with Crippen LogP contribution in [0.15, 0.2) is 72.9 Å². The minimum Gasteiger partial charge on any atom is -0.462 e. The molecule has 6 nitrogen and oxygen atoms in total. The third-order valence-corrected chi connectivity index (χ3v) is 15.9. The number of allylic oxidation sites excluding steroid dienone is 12. The van der Waals surface area contributed by atoms with Crippen molar-refractivity contribution in [2.45, 2.75) is 380 Å². The third kappa shape index (κ3) is 67.6. The first-order chi connectivity index (χ1) is 40.5. The third-order valence-electron chi connectivity index (χ3n) is 15.9. The molecule has 0 aromatic rings. The van der Waals surface area contributed by atoms with Gasteiger partial charge in [0.15, 0.2) is 6.10 Å². The average Bonchev–Trinajstić information content (AvgIpc) is 3.47. The first-order valence-corrected chi connectivity index (χ1v) is 35.9. The van der Waals surface area contributed by atoms with Crippen LogP contribution in [0.2, 0.25) is 0 Å². The summed E-state index contributed by atoms with van der Waals surface area (Å²) in [5.41, 5.74) is 0. The predicted molar refractivity (Wildman–Crippen MR) is 358 cm³/mol. The molecule has 0 aromatic heterocycles. The van der Waals surface area contributed by atoms with Crippen molar-refractivity contribution in [3.63, 3.8) is 0 Å². The lowest BCUT2D eigenvalue weighted by Gasteiger charge is -2.18. The molecule has 0 amide bonds. The molecule has 0 fully saturated rings. The Kier molecular flexibility index (Phi) is 67.6. The Morgan fingerprint density at radius 3 is 0.768 bits per heavy atom. The van der Waals surface area contributed by atoms with Gasteiger partial charge in [0.1, 0.15) is 13.2 Å². The molecule has 1 unspecified atom stereocenters. The molecular formula is C76H136O6. The summed E-state index contributed by atoms with van der Waals surface area (Å²) < 4.78 is 17.0. The smallest absolute Gasteiger partial charge is 0.306 e. The quantitative estimate of drug-likeness (QED) is 0.0261. The van der Waals surface area contributed by atoms with Crippen LogP contribution in [0, 0.1) is 0 Å². The lowest BCUT2D eigenvalue weighted by molar-refractivity contribution is -0.167. The van der Waals surface area contributed by atoms with Gasteiger partial charge in [-0.05, 0) is 89.9 Å². The number of unbranched alkanes of at least 4 members (excludes halogenated alkanes) is 43. The molecule has 0 saturated heterocycles. The Morgan fingerprint density at radius 1 is 0.256 bits per heavy atom. The van der Waals surface area contributed by atoms with E-state index in [1.807, 2.05) is 0 Å². The van der Waals surface area contributed by atoms with Crippen LogP contribution in [0.3, 0.4) is 0 Å². The van der Waals surface area contributed by atoms with E-state index < -0.39 is 6.10 Å². The zero-order chi connectivity index (χ0) is 59.2. The zero-order valence-electron chi connectivity index (χ0n) is 54.8. The van der Waals surface area contributed by atoms with Gasteiger partial charge in [-0.15, -0.1) is 0 Å². The summed E-state index contributed by atoms with van der Waals surface area (Å²) >= 11 is 0. The van der Waals surface area contributed by atoms with Gasteiger partial charge in [0, 0.05) is 19.3 Å². The number of carbonyl (C=O) groups is 3. The molecule has 6 heteroatoms. The largest absolute Gasteiger partial charge is 0.462 e. The summed E-state index contributed by atoms with van der Waals surface area (Å²) in [6.07, 6.45) is 92.1. The molecule has 0 saturated carbocycles. The Labute approximate surface area is 510 Å². The van der Waals surface area contributed by atoms with Gasteiger partial charge in [-0.1, -0.05) is 338 Å². The van der Waals surface area contributed by atoms with Crippen molar-refractivity contribution in [3.05, 3.63) is 72.9 Å². The summed E-state index contributed by atoms with van der Waals surface area (Å²) in [6, 6.07) is 0. The number of esters is 3. The van der Waals surface area contributed by atoms with Crippen molar-refractivity contribution in [2.75, 3.05) is 13.2 Å². The highest BCUT2D eigenvalue weighted by molar-refractivity contribution is 5.71. The maximum Gasteiger partial charge on any atom is 0.306 e. The highest BCUT2D eigenvalue weighted by atomic mass is 16.6. The molecule has 0 N–H and O–H groups in total. The SMILES string of the molecule is CC/C=C\C/C=C\C/C=C\C/C=C\CCCCCCCCCCCCCCCCCCC(=O)OCC(COC(=O)CCCCCCCCC/C=C\C/C=C\CCCCC)OC(=O)CCCCCCCCCCCCCCCCCCCC. The van der Waals surface area contributed by atoms with E-state index in [2.05, 4.69) is 93.7 Å². The van der Waals surface area contributed by atoms with Gasteiger partial charge < -0.3 is 14.2 Å². The van der Waals surface area contributed by atoms with E-state index >= 15 is 0 Å². The predicted octanol–water partition coefficient (Wildman–Crippen LogP) is 24.8. The maximum atomic E-state index is 13.0. The molecular weight excluding hydrogens is 1010 g/mol. The van der Waals surface area contributed by atoms with E-state index in [9.17, 15) is 14.4 Å². The number of rotatable bonds is 66. The van der Waals surface area contributed by atoms with Crippen molar-refractivity contribution in [3.8, 4) is 0 Å². The Balaban J connectivity index is 4.26. The molecule has 0 aliphatic rings. The van der Waals surface area contributed by atoms with Crippen molar-refractivity contribution < 1.29 is 28.6 Å². The lowest BCUT2D eigenvalue weighted by atomic mass is 10.0. The number of hydrogen-bond acceptors (Lipinski definition) is 6. The van der Waals surface area contributed by atoms with Crippen molar-refractivity contribution in [1.82, 2.24) is 0 Å². The topological polar surface area (TPSA) is 78.9 Å². The molecule has 476 valence electrons. The Hall–Kier alpha value is -3.15. The molecule has 0 aromatic carbocycles. The molecule has 0 heterocycles. The van der Waals surface area contributed by atoms with E-state index in [1.54, 1.807) is 0 Å². The van der Waals surface area contributed by atoms with Crippen molar-refractivity contribution >= 4 is 17.9 Å². The first-order valence-electron chi connectivity index (χ1n) is 35.9. The van der Waals surface area contributed by atoms with Crippen LogP contribution in [0.25, 0.3) is 0 Å². The van der Waals surface area contributed by atoms with Crippen LogP contribution in [0.1, 0.15) is 374 Å². The summed E-state index contributed by atoms with van der Waals surface area (Å²) in [5.74, 6) is -0.855. The zero-order valence-corrected chi connectivity index (χ0v) is 54.8. The standard InChI is InChI=1S/C76H136O6/c1-4-7-10-13-16-19-22-25-28-31-33-34-35-36-37-38-39-40-41-42-43-46-48-51-54-57-60-63-66-69-75(78)81-72-73(71-80-74(77)68-65-62-59-56-53-50-47-44-30-27-24-21-18-15-12-9-6-3)82-76(79)70-67-64-61-58-55-52-49-45-32-29-26-23-20-17-14-11-8-5-2/h7,10,16,18-19,21,25,27-28,30,33-34,73H,4-6,8-9,11-15,17,20,22-24,26,29,31-32,35-72H2,1-3H3/b10-7-,19-16-,21-18-,28-25-,30-27-,34-33-. The van der Waals surface area contributed by atoms with Gasteiger partial charge in [-0.2, -0.15) is 0 Å². The maximum absolute atomic E-state index is 13.0. The molecule has 0 bridgehead atoms. The molecule has 1 atom stereocenters. The Bertz CT molecular complexity index is 1500.